The van der Waals surface area contributed by atoms with Crippen molar-refractivity contribution in [3.63, 3.8) is 0 Å². The lowest BCUT2D eigenvalue weighted by atomic mass is 10.1. The lowest BCUT2D eigenvalue weighted by Gasteiger charge is -2.05. The second-order valence-corrected chi connectivity index (χ2v) is 13.3. The van der Waals surface area contributed by atoms with E-state index in [0.717, 1.165) is 37.5 Å². The van der Waals surface area contributed by atoms with Crippen molar-refractivity contribution in [3.05, 3.63) is 90.6 Å². The Hall–Kier alpha value is -3.02. The van der Waals surface area contributed by atoms with Gasteiger partial charge in [-0.2, -0.15) is 15.8 Å². The van der Waals surface area contributed by atoms with Crippen LogP contribution in [0.5, 0.6) is 0 Å². The number of rotatable bonds is 4. The molecule has 0 aliphatic carbocycles. The third kappa shape index (κ3) is 7.67. The van der Waals surface area contributed by atoms with Crippen LogP contribution in [0.15, 0.2) is 63.8 Å². The van der Waals surface area contributed by atoms with Gasteiger partial charge in [-0.15, -0.1) is 22.7 Å². The molecule has 0 fully saturated rings. The average molecular weight is 706 g/mol. The highest BCUT2D eigenvalue weighted by Gasteiger charge is 2.19. The Labute approximate surface area is 276 Å². The molecule has 15 heteroatoms. The number of H-pyrrole nitrogens is 1. The van der Waals surface area contributed by atoms with E-state index >= 15 is 0 Å². The van der Waals surface area contributed by atoms with Gasteiger partial charge in [0.25, 0.3) is 0 Å². The quantitative estimate of drug-likeness (QED) is 0.0480. The number of aromatic nitrogens is 4. The van der Waals surface area contributed by atoms with E-state index in [1.54, 1.807) is 46.6 Å². The smallest absolute Gasteiger partial charge is 0.158 e. The molecule has 1 N–H and O–H groups in total. The number of nitrogens with zero attached hydrogens (tertiary/aromatic N) is 6. The molecule has 0 saturated heterocycles. The van der Waals surface area contributed by atoms with Crippen molar-refractivity contribution in [2.75, 3.05) is 5.08 Å². The number of hydrogen-bond acceptors (Lipinski definition) is 10. The number of thioether (sulfide) groups is 2. The summed E-state index contributed by atoms with van der Waals surface area (Å²) in [4.78, 5) is 16.3. The fraction of sp³-hybridized carbons (Fsp3) is 0.0370. The number of para-hydroxylation sites is 3. The van der Waals surface area contributed by atoms with Crippen LogP contribution in [0, 0.1) is 33.3 Å². The molecule has 0 saturated carbocycles. The minimum atomic E-state index is -0.0746. The predicted molar refractivity (Wildman–Crippen MR) is 177 cm³/mol. The van der Waals surface area contributed by atoms with Crippen LogP contribution in [0.1, 0.15) is 11.1 Å². The molecule has 42 heavy (non-hydrogen) atoms. The minimum absolute atomic E-state index is 0.0363. The van der Waals surface area contributed by atoms with Gasteiger partial charge in [-0.25, -0.2) is 15.0 Å². The van der Waals surface area contributed by atoms with Gasteiger partial charge in [0.05, 0.1) is 63.1 Å². The average Bonchev–Trinajstić information content (AvgIpc) is 3.77. The van der Waals surface area contributed by atoms with Crippen molar-refractivity contribution in [2.45, 2.75) is 4.34 Å². The standard InChI is InChI=1S/C10H7N3S.C9H6N2S3.C8Cl4N2/c1-2-4-8-7(3-1)12-10(13-8)9-5-14-6-11-9;10-5-12-6-13-9-11-7-3-1-2-4-8(7)14-9;9-5-3(1-13)6(10)8(12)7(11)4(5)2-14/h1-6H,(H,12,13);1-4H,6H2;. The molecule has 6 rings (SSSR count). The van der Waals surface area contributed by atoms with E-state index < -0.39 is 0 Å². The second kappa shape index (κ2) is 15.5. The van der Waals surface area contributed by atoms with Crippen molar-refractivity contribution < 1.29 is 0 Å². The molecule has 7 nitrogen and oxygen atoms in total. The molecule has 3 aromatic heterocycles. The van der Waals surface area contributed by atoms with Crippen LogP contribution in [0.2, 0.25) is 20.1 Å². The van der Waals surface area contributed by atoms with Crippen LogP contribution in [-0.2, 0) is 0 Å². The fourth-order valence-electron chi connectivity index (χ4n) is 3.25. The van der Waals surface area contributed by atoms with Gasteiger partial charge in [-0.1, -0.05) is 82.4 Å². The lowest BCUT2D eigenvalue weighted by molar-refractivity contribution is 1.27. The zero-order valence-electron chi connectivity index (χ0n) is 20.8. The molecule has 0 aliphatic rings. The van der Waals surface area contributed by atoms with Gasteiger partial charge in [0.2, 0.25) is 0 Å². The molecule has 0 aliphatic heterocycles. The third-order valence-electron chi connectivity index (χ3n) is 5.13. The number of nitrogens with one attached hydrogen (secondary N) is 1. The monoisotopic (exact) mass is 703 g/mol. The van der Waals surface area contributed by atoms with Gasteiger partial charge in [0, 0.05) is 5.38 Å². The number of halogens is 4. The van der Waals surface area contributed by atoms with Crippen LogP contribution in [0.25, 0.3) is 32.8 Å². The molecular weight excluding hydrogens is 692 g/mol. The summed E-state index contributed by atoms with van der Waals surface area (Å²) >= 11 is 28.9. The summed E-state index contributed by atoms with van der Waals surface area (Å²) in [5, 5.41) is 30.4. The molecule has 208 valence electrons. The number of fused-ring (bicyclic) bond motifs is 2. The summed E-state index contributed by atoms with van der Waals surface area (Å²) in [6.07, 6.45) is 0. The Morgan fingerprint density at radius 1 is 0.810 bits per heavy atom. The van der Waals surface area contributed by atoms with Gasteiger partial charge in [-0.05, 0) is 36.0 Å². The van der Waals surface area contributed by atoms with Gasteiger partial charge in [-0.3, -0.25) is 0 Å². The third-order valence-corrected chi connectivity index (χ3v) is 10.3. The summed E-state index contributed by atoms with van der Waals surface area (Å²) in [6.45, 7) is 0. The first kappa shape index (κ1) is 31.9. The van der Waals surface area contributed by atoms with Crippen LogP contribution in [0.4, 0.5) is 0 Å². The molecule has 3 heterocycles. The summed E-state index contributed by atoms with van der Waals surface area (Å²) in [5.41, 5.74) is 5.71. The van der Waals surface area contributed by atoms with E-state index in [0.29, 0.717) is 0 Å². The first-order chi connectivity index (χ1) is 20.4. The molecule has 6 aromatic rings. The van der Waals surface area contributed by atoms with E-state index in [2.05, 4.69) is 26.0 Å². The molecule has 0 bridgehead atoms. The largest absolute Gasteiger partial charge is 0.337 e. The Bertz CT molecular complexity index is 1860. The lowest BCUT2D eigenvalue weighted by Crippen LogP contribution is -1.89. The molecular formula is C27H13Cl4N7S4. The predicted octanol–water partition coefficient (Wildman–Crippen LogP) is 10.3. The maximum atomic E-state index is 8.70. The number of nitriles is 3. The Morgan fingerprint density at radius 3 is 2.07 bits per heavy atom. The van der Waals surface area contributed by atoms with Gasteiger partial charge >= 0.3 is 0 Å². The highest BCUT2D eigenvalue weighted by Crippen LogP contribution is 2.40. The van der Waals surface area contributed by atoms with E-state index in [9.17, 15) is 0 Å². The number of benzene rings is 3. The van der Waals surface area contributed by atoms with Gasteiger partial charge < -0.3 is 4.98 Å². The number of thiocyanates is 1. The SMILES string of the molecule is N#CSCSc1nc2ccccc2s1.N#Cc1c(Cl)c(Cl)c(Cl)c(C#N)c1Cl.c1ccc2[nH]c(-c3cscn3)nc2c1. The molecule has 0 spiro atoms. The molecule has 0 atom stereocenters. The number of imidazole rings is 1. The van der Waals surface area contributed by atoms with E-state index in [1.807, 2.05) is 58.8 Å². The highest BCUT2D eigenvalue weighted by atomic mass is 35.5. The number of hydrogen-bond donors (Lipinski definition) is 1. The van der Waals surface area contributed by atoms with E-state index in [4.69, 9.17) is 62.2 Å². The molecule has 0 amide bonds. The Balaban J connectivity index is 0.000000145. The topological polar surface area (TPSA) is 126 Å². The Morgan fingerprint density at radius 2 is 1.48 bits per heavy atom. The zero-order chi connectivity index (χ0) is 30.1. The number of thiazole rings is 2. The first-order valence-corrected chi connectivity index (χ1v) is 16.6. The van der Waals surface area contributed by atoms with Crippen molar-refractivity contribution >= 4 is 114 Å². The maximum Gasteiger partial charge on any atom is 0.158 e. The molecule has 3 aromatic carbocycles. The maximum absolute atomic E-state index is 8.70. The fourth-order valence-corrected chi connectivity index (χ4v) is 7.51. The summed E-state index contributed by atoms with van der Waals surface area (Å²) in [6, 6.07) is 19.5. The van der Waals surface area contributed by atoms with Crippen LogP contribution in [-0.4, -0.2) is 25.0 Å². The van der Waals surface area contributed by atoms with Crippen molar-refractivity contribution in [1.29, 1.82) is 15.8 Å². The molecule has 0 unspecified atom stereocenters. The zero-order valence-corrected chi connectivity index (χ0v) is 27.1. The number of aromatic amines is 1. The van der Waals surface area contributed by atoms with Crippen molar-refractivity contribution in [1.82, 2.24) is 19.9 Å². The van der Waals surface area contributed by atoms with E-state index in [-0.39, 0.29) is 31.2 Å². The second-order valence-electron chi connectivity index (χ2n) is 7.65. The summed E-state index contributed by atoms with van der Waals surface area (Å²) < 4.78 is 2.24. The van der Waals surface area contributed by atoms with Gasteiger partial charge in [0.15, 0.2) is 10.2 Å². The van der Waals surface area contributed by atoms with Crippen LogP contribution < -0.4 is 0 Å². The van der Waals surface area contributed by atoms with Crippen LogP contribution >= 0.6 is 92.6 Å². The van der Waals surface area contributed by atoms with E-state index in [1.165, 1.54) is 16.5 Å². The van der Waals surface area contributed by atoms with Crippen LogP contribution in [0.3, 0.4) is 0 Å². The van der Waals surface area contributed by atoms with Gasteiger partial charge in [0.1, 0.15) is 23.2 Å². The highest BCUT2D eigenvalue weighted by molar-refractivity contribution is 8.18. The minimum Gasteiger partial charge on any atom is -0.337 e. The molecule has 0 radical (unpaired) electrons. The normalized spacial score (nSPS) is 10.1. The Kier molecular flexibility index (Phi) is 11.7. The summed E-state index contributed by atoms with van der Waals surface area (Å²) in [5.74, 6) is 0.840. The van der Waals surface area contributed by atoms with Crippen molar-refractivity contribution in [2.24, 2.45) is 0 Å². The summed E-state index contributed by atoms with van der Waals surface area (Å²) in [7, 11) is 0. The first-order valence-electron chi connectivity index (χ1n) is 11.4. The van der Waals surface area contributed by atoms with Crippen molar-refractivity contribution in [3.8, 4) is 29.1 Å².